The van der Waals surface area contributed by atoms with Crippen molar-refractivity contribution in [2.24, 2.45) is 5.92 Å². The Morgan fingerprint density at radius 3 is 2.44 bits per heavy atom. The van der Waals surface area contributed by atoms with Crippen LogP contribution >= 0.6 is 0 Å². The molecule has 7 heteroatoms. The Hall–Kier alpha value is -2.38. The van der Waals surface area contributed by atoms with Crippen molar-refractivity contribution >= 4 is 0 Å². The lowest BCUT2D eigenvalue weighted by molar-refractivity contribution is -0.197. The van der Waals surface area contributed by atoms with Crippen LogP contribution < -0.4 is 14.2 Å². The zero-order chi connectivity index (χ0) is 25.6. The maximum absolute atomic E-state index is 6.84. The van der Waals surface area contributed by atoms with Crippen molar-refractivity contribution in [1.29, 1.82) is 0 Å². The number of ether oxygens (including phenoxy) is 7. The first-order chi connectivity index (χ1) is 17.2. The molecule has 2 unspecified atom stereocenters. The van der Waals surface area contributed by atoms with Gasteiger partial charge >= 0.3 is 0 Å². The van der Waals surface area contributed by atoms with E-state index >= 15 is 0 Å². The molecule has 4 aliphatic rings. The van der Waals surface area contributed by atoms with Crippen LogP contribution in [0.25, 0.3) is 0 Å². The highest BCUT2D eigenvalue weighted by Gasteiger charge is 2.49. The van der Waals surface area contributed by atoms with E-state index in [4.69, 9.17) is 33.2 Å². The van der Waals surface area contributed by atoms with E-state index in [0.717, 1.165) is 60.7 Å². The standard InChI is InChI=1S/C29H40O7/c1-16-12-19-27(17(2)26(16)36-29(3,4)5)34-23-15-33-20-14-22(31-7)21(30-6)13-18(20)25(23)28(19)35-24-10-8-9-11-32-24/h13-14,16,23-25,28H,8-12,15H2,1-7H3/t16?,23-,24?,25+,28-/m1/s1. The van der Waals surface area contributed by atoms with Gasteiger partial charge in [-0.1, -0.05) is 6.92 Å². The molecule has 3 heterocycles. The maximum Gasteiger partial charge on any atom is 0.164 e. The Morgan fingerprint density at radius 1 is 1.03 bits per heavy atom. The topological polar surface area (TPSA) is 64.6 Å². The van der Waals surface area contributed by atoms with E-state index in [9.17, 15) is 0 Å². The smallest absolute Gasteiger partial charge is 0.164 e. The maximum atomic E-state index is 6.84. The van der Waals surface area contributed by atoms with Crippen LogP contribution in [0.2, 0.25) is 0 Å². The third kappa shape index (κ3) is 4.68. The second-order valence-electron chi connectivity index (χ2n) is 11.3. The highest BCUT2D eigenvalue weighted by atomic mass is 16.7. The average molecular weight is 501 g/mol. The summed E-state index contributed by atoms with van der Waals surface area (Å²) in [6, 6.07) is 3.92. The monoisotopic (exact) mass is 500 g/mol. The first-order valence-electron chi connectivity index (χ1n) is 13.2. The second-order valence-corrected chi connectivity index (χ2v) is 11.3. The molecule has 0 amide bonds. The van der Waals surface area contributed by atoms with Gasteiger partial charge in [0, 0.05) is 35.3 Å². The quantitative estimate of drug-likeness (QED) is 0.501. The molecule has 36 heavy (non-hydrogen) atoms. The van der Waals surface area contributed by atoms with Crippen molar-refractivity contribution in [3.05, 3.63) is 40.4 Å². The van der Waals surface area contributed by atoms with E-state index in [-0.39, 0.29) is 35.9 Å². The highest BCUT2D eigenvalue weighted by Crippen LogP contribution is 2.52. The zero-order valence-electron chi connectivity index (χ0n) is 22.6. The third-order valence-corrected chi connectivity index (χ3v) is 7.45. The largest absolute Gasteiger partial charge is 0.493 e. The first-order valence-corrected chi connectivity index (χ1v) is 13.2. The van der Waals surface area contributed by atoms with Gasteiger partial charge in [-0.25, -0.2) is 0 Å². The number of fused-ring (bicyclic) bond motifs is 3. The Labute approximate surface area is 214 Å². The van der Waals surface area contributed by atoms with E-state index in [1.165, 1.54) is 5.57 Å². The normalized spacial score (nSPS) is 29.9. The molecule has 0 N–H and O–H groups in total. The second kappa shape index (κ2) is 9.82. The molecule has 1 saturated heterocycles. The van der Waals surface area contributed by atoms with E-state index in [1.54, 1.807) is 14.2 Å². The van der Waals surface area contributed by atoms with Crippen molar-refractivity contribution in [3.63, 3.8) is 0 Å². The van der Waals surface area contributed by atoms with E-state index < -0.39 is 0 Å². The molecule has 5 rings (SSSR count). The summed E-state index contributed by atoms with van der Waals surface area (Å²) in [5.41, 5.74) is 2.96. The number of methoxy groups -OCH3 is 2. The molecular formula is C29H40O7. The van der Waals surface area contributed by atoms with Gasteiger partial charge in [0.2, 0.25) is 0 Å². The van der Waals surface area contributed by atoms with Crippen molar-refractivity contribution in [2.75, 3.05) is 27.4 Å². The summed E-state index contributed by atoms with van der Waals surface area (Å²) in [5.74, 6) is 4.15. The Kier molecular flexibility index (Phi) is 6.90. The van der Waals surface area contributed by atoms with E-state index in [2.05, 4.69) is 34.6 Å². The number of hydrogen-bond acceptors (Lipinski definition) is 7. The van der Waals surface area contributed by atoms with Crippen molar-refractivity contribution < 1.29 is 33.2 Å². The van der Waals surface area contributed by atoms with Crippen LogP contribution in [0.1, 0.15) is 71.8 Å². The van der Waals surface area contributed by atoms with Gasteiger partial charge in [0.05, 0.1) is 26.2 Å². The minimum atomic E-state index is -0.283. The summed E-state index contributed by atoms with van der Waals surface area (Å²) in [5, 5.41) is 0. The molecule has 1 aliphatic carbocycles. The van der Waals surface area contributed by atoms with Crippen molar-refractivity contribution in [3.8, 4) is 17.2 Å². The molecule has 7 nitrogen and oxygen atoms in total. The summed E-state index contributed by atoms with van der Waals surface area (Å²) in [4.78, 5) is 0. The fourth-order valence-electron chi connectivity index (χ4n) is 5.87. The van der Waals surface area contributed by atoms with Gasteiger partial charge in [-0.3, -0.25) is 0 Å². The number of rotatable bonds is 5. The molecule has 3 aliphatic heterocycles. The van der Waals surface area contributed by atoms with Crippen LogP contribution in [0.15, 0.2) is 34.8 Å². The summed E-state index contributed by atoms with van der Waals surface area (Å²) in [6.45, 7) is 11.7. The SMILES string of the molecule is COc1cc2c(cc1OC)[C@@H]1[C@H](OC3CCCCO3)C3=C(O[C@@H]1CO2)C(C)=C(OC(C)(C)C)C(C)C3. The minimum Gasteiger partial charge on any atom is -0.493 e. The summed E-state index contributed by atoms with van der Waals surface area (Å²) >= 11 is 0. The lowest BCUT2D eigenvalue weighted by atomic mass is 9.75. The van der Waals surface area contributed by atoms with Gasteiger partial charge in [0.1, 0.15) is 35.6 Å². The molecule has 5 atom stereocenters. The van der Waals surface area contributed by atoms with Crippen LogP contribution in [0.3, 0.4) is 0 Å². The average Bonchev–Trinajstić information content (AvgIpc) is 2.86. The lowest BCUT2D eigenvalue weighted by Crippen LogP contribution is -2.48. The predicted molar refractivity (Wildman–Crippen MR) is 135 cm³/mol. The van der Waals surface area contributed by atoms with Crippen molar-refractivity contribution in [1.82, 2.24) is 0 Å². The number of benzene rings is 1. The van der Waals surface area contributed by atoms with Crippen molar-refractivity contribution in [2.45, 2.75) is 90.3 Å². The summed E-state index contributed by atoms with van der Waals surface area (Å²) in [6.07, 6.45) is 3.26. The highest BCUT2D eigenvalue weighted by molar-refractivity contribution is 5.55. The van der Waals surface area contributed by atoms with Gasteiger partial charge in [-0.15, -0.1) is 0 Å². The van der Waals surface area contributed by atoms with Gasteiger partial charge in [-0.05, 0) is 59.4 Å². The zero-order valence-corrected chi connectivity index (χ0v) is 22.6. The first kappa shape index (κ1) is 25.3. The molecule has 198 valence electrons. The van der Waals surface area contributed by atoms with Crippen LogP contribution in [0, 0.1) is 5.92 Å². The summed E-state index contributed by atoms with van der Waals surface area (Å²) < 4.78 is 43.4. The minimum absolute atomic E-state index is 0.0529. The molecule has 1 aromatic carbocycles. The molecular weight excluding hydrogens is 460 g/mol. The van der Waals surface area contributed by atoms with Gasteiger partial charge < -0.3 is 33.2 Å². The number of hydrogen-bond donors (Lipinski definition) is 0. The molecule has 0 aromatic heterocycles. The molecule has 0 spiro atoms. The molecule has 1 aromatic rings. The lowest BCUT2D eigenvalue weighted by Gasteiger charge is -2.47. The van der Waals surface area contributed by atoms with Gasteiger partial charge in [0.15, 0.2) is 17.8 Å². The Morgan fingerprint density at radius 2 is 1.78 bits per heavy atom. The van der Waals surface area contributed by atoms with E-state index in [1.807, 2.05) is 12.1 Å². The van der Waals surface area contributed by atoms with Crippen LogP contribution in [0.5, 0.6) is 17.2 Å². The van der Waals surface area contributed by atoms with Gasteiger partial charge in [0.25, 0.3) is 0 Å². The summed E-state index contributed by atoms with van der Waals surface area (Å²) in [7, 11) is 3.29. The Balaban J connectivity index is 1.60. The van der Waals surface area contributed by atoms with Gasteiger partial charge in [-0.2, -0.15) is 0 Å². The molecule has 1 fully saturated rings. The molecule has 0 saturated carbocycles. The van der Waals surface area contributed by atoms with Crippen LogP contribution in [-0.4, -0.2) is 51.5 Å². The van der Waals surface area contributed by atoms with Crippen LogP contribution in [0.4, 0.5) is 0 Å². The Bertz CT molecular complexity index is 1040. The third-order valence-electron chi connectivity index (χ3n) is 7.45. The van der Waals surface area contributed by atoms with Crippen LogP contribution in [-0.2, 0) is 18.9 Å². The fourth-order valence-corrected chi connectivity index (χ4v) is 5.87. The number of allylic oxidation sites excluding steroid dienone is 2. The molecule has 0 radical (unpaired) electrons. The fraction of sp³-hybridized carbons (Fsp3) is 0.655. The predicted octanol–water partition coefficient (Wildman–Crippen LogP) is 5.87. The molecule has 0 bridgehead atoms. The van der Waals surface area contributed by atoms with E-state index in [0.29, 0.717) is 18.1 Å².